The normalized spacial score (nSPS) is 15.4. The second-order valence-corrected chi connectivity index (χ2v) is 7.88. The number of carbonyl (C=O) groups excluding carboxylic acids is 1. The molecule has 0 aromatic heterocycles. The van der Waals surface area contributed by atoms with Crippen LogP contribution < -0.4 is 15.4 Å². The molecule has 0 saturated carbocycles. The van der Waals surface area contributed by atoms with E-state index in [1.54, 1.807) is 13.1 Å². The van der Waals surface area contributed by atoms with Crippen LogP contribution in [0, 0.1) is 11.2 Å². The molecule has 1 heterocycles. The molecule has 0 radical (unpaired) electrons. The fraction of sp³-hybridized carbons (Fsp3) is 0.619. The summed E-state index contributed by atoms with van der Waals surface area (Å²) >= 11 is 0. The van der Waals surface area contributed by atoms with E-state index in [1.807, 2.05) is 26.8 Å². The first-order valence-electron chi connectivity index (χ1n) is 10.1. The highest BCUT2D eigenvalue weighted by Gasteiger charge is 2.28. The molecular formula is C21H35FIN5O2. The number of hydrogen-bond donors (Lipinski definition) is 2. The number of amides is 1. The number of hydrogen-bond acceptors (Lipinski definition) is 4. The van der Waals surface area contributed by atoms with Crippen molar-refractivity contribution in [1.82, 2.24) is 20.4 Å². The molecule has 7 nitrogen and oxygen atoms in total. The van der Waals surface area contributed by atoms with Crippen LogP contribution in [0.4, 0.5) is 4.39 Å². The number of guanidine groups is 1. The third-order valence-electron chi connectivity index (χ3n) is 5.15. The zero-order valence-electron chi connectivity index (χ0n) is 18.6. The van der Waals surface area contributed by atoms with E-state index < -0.39 is 5.41 Å². The summed E-state index contributed by atoms with van der Waals surface area (Å²) in [6.45, 7) is 10.9. The van der Waals surface area contributed by atoms with E-state index in [4.69, 9.17) is 4.74 Å². The molecule has 9 heteroatoms. The summed E-state index contributed by atoms with van der Waals surface area (Å²) in [6, 6.07) is 5.11. The van der Waals surface area contributed by atoms with Crippen molar-refractivity contribution in [3.63, 3.8) is 0 Å². The fourth-order valence-corrected chi connectivity index (χ4v) is 3.30. The van der Waals surface area contributed by atoms with Crippen LogP contribution in [0.1, 0.15) is 26.3 Å². The SMILES string of the molecule is CCNC(=O)C(C)(C)CNC(=NC)N1CCN(Cc2ccc(OC)c(F)c2)CC1.I. The number of piperazine rings is 1. The van der Waals surface area contributed by atoms with Crippen molar-refractivity contribution < 1.29 is 13.9 Å². The Balaban J connectivity index is 0.00000450. The van der Waals surface area contributed by atoms with Crippen LogP contribution in [0.15, 0.2) is 23.2 Å². The van der Waals surface area contributed by atoms with Crippen LogP contribution in [-0.4, -0.2) is 75.1 Å². The van der Waals surface area contributed by atoms with Gasteiger partial charge in [0.25, 0.3) is 0 Å². The molecule has 1 aliphatic heterocycles. The molecule has 0 bridgehead atoms. The molecule has 0 spiro atoms. The summed E-state index contributed by atoms with van der Waals surface area (Å²) in [5, 5.41) is 6.21. The largest absolute Gasteiger partial charge is 0.494 e. The van der Waals surface area contributed by atoms with Gasteiger partial charge in [0, 0.05) is 52.9 Å². The Labute approximate surface area is 196 Å². The van der Waals surface area contributed by atoms with Gasteiger partial charge in [-0.2, -0.15) is 0 Å². The Hall–Kier alpha value is -1.62. The average Bonchev–Trinajstić information content (AvgIpc) is 2.70. The number of methoxy groups -OCH3 is 1. The molecule has 1 amide bonds. The Morgan fingerprint density at radius 2 is 1.90 bits per heavy atom. The summed E-state index contributed by atoms with van der Waals surface area (Å²) in [7, 11) is 3.23. The number of carbonyl (C=O) groups is 1. The average molecular weight is 535 g/mol. The van der Waals surface area contributed by atoms with E-state index in [2.05, 4.69) is 25.4 Å². The summed E-state index contributed by atoms with van der Waals surface area (Å²) in [6.07, 6.45) is 0. The summed E-state index contributed by atoms with van der Waals surface area (Å²) < 4.78 is 18.9. The van der Waals surface area contributed by atoms with E-state index in [-0.39, 0.29) is 41.5 Å². The number of nitrogens with zero attached hydrogens (tertiary/aromatic N) is 3. The molecule has 2 N–H and O–H groups in total. The van der Waals surface area contributed by atoms with Crippen LogP contribution in [0.25, 0.3) is 0 Å². The minimum atomic E-state index is -0.522. The van der Waals surface area contributed by atoms with Crippen LogP contribution in [-0.2, 0) is 11.3 Å². The quantitative estimate of drug-likeness (QED) is 0.319. The van der Waals surface area contributed by atoms with Crippen molar-refractivity contribution in [2.75, 3.05) is 53.4 Å². The second kappa shape index (κ2) is 12.3. The molecule has 1 fully saturated rings. The Morgan fingerprint density at radius 1 is 1.23 bits per heavy atom. The lowest BCUT2D eigenvalue weighted by Gasteiger charge is -2.37. The van der Waals surface area contributed by atoms with Gasteiger partial charge in [0.15, 0.2) is 17.5 Å². The predicted octanol–water partition coefficient (Wildman–Crippen LogP) is 2.31. The summed E-state index contributed by atoms with van der Waals surface area (Å²) in [5.41, 5.74) is 0.412. The maximum atomic E-state index is 13.9. The monoisotopic (exact) mass is 535 g/mol. The molecule has 1 aliphatic rings. The summed E-state index contributed by atoms with van der Waals surface area (Å²) in [4.78, 5) is 21.0. The van der Waals surface area contributed by atoms with Gasteiger partial charge in [0.05, 0.1) is 12.5 Å². The third kappa shape index (κ3) is 7.26. The lowest BCUT2D eigenvalue weighted by atomic mass is 9.92. The lowest BCUT2D eigenvalue weighted by Crippen LogP contribution is -2.54. The molecule has 0 unspecified atom stereocenters. The molecule has 2 rings (SSSR count). The minimum absolute atomic E-state index is 0. The Kier molecular flexibility index (Phi) is 10.8. The van der Waals surface area contributed by atoms with Gasteiger partial charge < -0.3 is 20.3 Å². The van der Waals surface area contributed by atoms with Gasteiger partial charge in [0.2, 0.25) is 5.91 Å². The first kappa shape index (κ1) is 26.4. The molecule has 170 valence electrons. The lowest BCUT2D eigenvalue weighted by molar-refractivity contribution is -0.128. The number of benzene rings is 1. The standard InChI is InChI=1S/C21H34FN5O2.HI/c1-6-24-19(28)21(2,3)15-25-20(23-4)27-11-9-26(10-12-27)14-16-7-8-18(29-5)17(22)13-16;/h7-8,13H,6,9-12,14-15H2,1-5H3,(H,23,25)(H,24,28);1H. The van der Waals surface area contributed by atoms with Crippen LogP contribution in [0.3, 0.4) is 0 Å². The van der Waals surface area contributed by atoms with E-state index in [0.717, 1.165) is 37.7 Å². The van der Waals surface area contributed by atoms with E-state index >= 15 is 0 Å². The van der Waals surface area contributed by atoms with Gasteiger partial charge in [-0.05, 0) is 38.5 Å². The number of halogens is 2. The van der Waals surface area contributed by atoms with Crippen LogP contribution in [0.2, 0.25) is 0 Å². The molecule has 1 saturated heterocycles. The maximum absolute atomic E-state index is 13.9. The molecular weight excluding hydrogens is 500 g/mol. The predicted molar refractivity (Wildman–Crippen MR) is 129 cm³/mol. The molecule has 0 atom stereocenters. The first-order chi connectivity index (χ1) is 13.8. The number of aliphatic imine (C=N–C) groups is 1. The highest BCUT2D eigenvalue weighted by molar-refractivity contribution is 14.0. The van der Waals surface area contributed by atoms with Crippen molar-refractivity contribution in [2.24, 2.45) is 10.4 Å². The van der Waals surface area contributed by atoms with Gasteiger partial charge in [-0.15, -0.1) is 24.0 Å². The highest BCUT2D eigenvalue weighted by atomic mass is 127. The van der Waals surface area contributed by atoms with Crippen molar-refractivity contribution in [3.05, 3.63) is 29.6 Å². The zero-order valence-corrected chi connectivity index (χ0v) is 21.0. The zero-order chi connectivity index (χ0) is 21.4. The van der Waals surface area contributed by atoms with Gasteiger partial charge in [-0.25, -0.2) is 4.39 Å². The van der Waals surface area contributed by atoms with Crippen molar-refractivity contribution in [3.8, 4) is 5.75 Å². The van der Waals surface area contributed by atoms with Gasteiger partial charge in [-0.1, -0.05) is 6.07 Å². The van der Waals surface area contributed by atoms with Gasteiger partial charge >= 0.3 is 0 Å². The summed E-state index contributed by atoms with van der Waals surface area (Å²) in [5.74, 6) is 0.768. The smallest absolute Gasteiger partial charge is 0.227 e. The fourth-order valence-electron chi connectivity index (χ4n) is 3.30. The topological polar surface area (TPSA) is 69.2 Å². The van der Waals surface area contributed by atoms with Crippen molar-refractivity contribution in [2.45, 2.75) is 27.3 Å². The Morgan fingerprint density at radius 3 is 2.43 bits per heavy atom. The number of rotatable bonds is 7. The molecule has 0 aliphatic carbocycles. The van der Waals surface area contributed by atoms with E-state index in [1.165, 1.54) is 13.2 Å². The molecule has 30 heavy (non-hydrogen) atoms. The number of nitrogens with one attached hydrogen (secondary N) is 2. The van der Waals surface area contributed by atoms with Gasteiger partial charge in [-0.3, -0.25) is 14.7 Å². The Bertz CT molecular complexity index is 721. The first-order valence-corrected chi connectivity index (χ1v) is 10.1. The highest BCUT2D eigenvalue weighted by Crippen LogP contribution is 2.19. The van der Waals surface area contributed by atoms with Crippen LogP contribution >= 0.6 is 24.0 Å². The molecule has 1 aromatic carbocycles. The van der Waals surface area contributed by atoms with Gasteiger partial charge in [0.1, 0.15) is 0 Å². The van der Waals surface area contributed by atoms with Crippen LogP contribution in [0.5, 0.6) is 5.75 Å². The van der Waals surface area contributed by atoms with E-state index in [0.29, 0.717) is 19.6 Å². The molecule has 1 aromatic rings. The second-order valence-electron chi connectivity index (χ2n) is 7.88. The maximum Gasteiger partial charge on any atom is 0.227 e. The van der Waals surface area contributed by atoms with Crippen molar-refractivity contribution >= 4 is 35.8 Å². The minimum Gasteiger partial charge on any atom is -0.494 e. The number of ether oxygens (including phenoxy) is 1. The van der Waals surface area contributed by atoms with Crippen molar-refractivity contribution in [1.29, 1.82) is 0 Å². The third-order valence-corrected chi connectivity index (χ3v) is 5.15. The van der Waals surface area contributed by atoms with E-state index in [9.17, 15) is 9.18 Å².